The Morgan fingerprint density at radius 2 is 1.35 bits per heavy atom. The third-order valence-corrected chi connectivity index (χ3v) is 4.63. The molecule has 0 bridgehead atoms. The van der Waals surface area contributed by atoms with Crippen LogP contribution in [-0.4, -0.2) is 9.97 Å². The molecule has 26 heavy (non-hydrogen) atoms. The molecule has 0 saturated carbocycles. The van der Waals surface area contributed by atoms with Crippen molar-refractivity contribution in [3.63, 3.8) is 0 Å². The van der Waals surface area contributed by atoms with Gasteiger partial charge in [-0.15, -0.1) is 0 Å². The molecule has 2 N–H and O–H groups in total. The van der Waals surface area contributed by atoms with Gasteiger partial charge in [-0.25, -0.2) is 8.78 Å². The molecule has 0 aliphatic heterocycles. The fourth-order valence-electron chi connectivity index (χ4n) is 2.46. The van der Waals surface area contributed by atoms with E-state index >= 15 is 0 Å². The Bertz CT molecular complexity index is 1140. The highest BCUT2D eigenvalue weighted by Gasteiger charge is 2.06. The minimum atomic E-state index is -0.508. The van der Waals surface area contributed by atoms with Crippen LogP contribution in [-0.2, 0) is 0 Å². The van der Waals surface area contributed by atoms with E-state index in [1.165, 1.54) is 42.7 Å². The Balaban J connectivity index is 0.000000151. The topological polar surface area (TPSA) is 65.7 Å². The molecule has 4 rings (SSSR count). The molecule has 0 saturated heterocycles. The van der Waals surface area contributed by atoms with Gasteiger partial charge in [0.1, 0.15) is 11.6 Å². The molecule has 4 nitrogen and oxygen atoms in total. The van der Waals surface area contributed by atoms with Gasteiger partial charge < -0.3 is 9.97 Å². The number of rotatable bonds is 0. The van der Waals surface area contributed by atoms with Gasteiger partial charge in [0.2, 0.25) is 0 Å². The molecule has 132 valence electrons. The van der Waals surface area contributed by atoms with Crippen molar-refractivity contribution in [1.29, 1.82) is 0 Å². The SMILES string of the molecule is O=c1cc[nH]c2cc(Br)cc(F)c12.O=c1cc[nH]c2cc(F)cc(Br)c12. The smallest absolute Gasteiger partial charge is 0.192 e. The van der Waals surface area contributed by atoms with Crippen LogP contribution in [0.15, 0.2) is 67.3 Å². The van der Waals surface area contributed by atoms with E-state index in [0.29, 0.717) is 25.4 Å². The van der Waals surface area contributed by atoms with Crippen molar-refractivity contribution in [2.45, 2.75) is 0 Å². The van der Waals surface area contributed by atoms with Crippen LogP contribution in [0.1, 0.15) is 0 Å². The molecule has 8 heteroatoms. The van der Waals surface area contributed by atoms with Crippen LogP contribution in [0.25, 0.3) is 21.8 Å². The van der Waals surface area contributed by atoms with Crippen LogP contribution in [0, 0.1) is 11.6 Å². The van der Waals surface area contributed by atoms with Crippen molar-refractivity contribution in [2.24, 2.45) is 0 Å². The highest BCUT2D eigenvalue weighted by molar-refractivity contribution is 9.11. The number of fused-ring (bicyclic) bond motifs is 2. The van der Waals surface area contributed by atoms with Crippen LogP contribution < -0.4 is 10.9 Å². The fraction of sp³-hybridized carbons (Fsp3) is 0. The number of hydrogen-bond donors (Lipinski definition) is 2. The van der Waals surface area contributed by atoms with Gasteiger partial charge in [-0.2, -0.15) is 0 Å². The van der Waals surface area contributed by atoms with Crippen molar-refractivity contribution >= 4 is 53.7 Å². The normalized spacial score (nSPS) is 10.6. The monoisotopic (exact) mass is 482 g/mol. The third-order valence-electron chi connectivity index (χ3n) is 3.55. The number of aromatic amines is 2. The van der Waals surface area contributed by atoms with Crippen molar-refractivity contribution in [3.05, 3.63) is 89.8 Å². The van der Waals surface area contributed by atoms with Gasteiger partial charge in [-0.1, -0.05) is 15.9 Å². The summed E-state index contributed by atoms with van der Waals surface area (Å²) in [7, 11) is 0. The lowest BCUT2D eigenvalue weighted by molar-refractivity contribution is 0.628. The Morgan fingerprint density at radius 1 is 0.769 bits per heavy atom. The second kappa shape index (κ2) is 7.51. The van der Waals surface area contributed by atoms with E-state index in [1.54, 1.807) is 6.07 Å². The highest BCUT2D eigenvalue weighted by atomic mass is 79.9. The first-order valence-electron chi connectivity index (χ1n) is 7.29. The quantitative estimate of drug-likeness (QED) is 0.375. The Hall–Kier alpha value is -2.32. The summed E-state index contributed by atoms with van der Waals surface area (Å²) in [5.41, 5.74) is 0.568. The Labute approximate surface area is 162 Å². The number of nitrogens with one attached hydrogen (secondary N) is 2. The van der Waals surface area contributed by atoms with E-state index in [4.69, 9.17) is 0 Å². The molecule has 2 aromatic carbocycles. The lowest BCUT2D eigenvalue weighted by Crippen LogP contribution is -2.02. The summed E-state index contributed by atoms with van der Waals surface area (Å²) in [6, 6.07) is 8.22. The van der Waals surface area contributed by atoms with Crippen LogP contribution in [0.3, 0.4) is 0 Å². The minimum absolute atomic E-state index is 0.103. The van der Waals surface area contributed by atoms with Gasteiger partial charge >= 0.3 is 0 Å². The highest BCUT2D eigenvalue weighted by Crippen LogP contribution is 2.20. The molecule has 2 heterocycles. The van der Waals surface area contributed by atoms with Crippen molar-refractivity contribution in [3.8, 4) is 0 Å². The molecule has 2 aromatic heterocycles. The molecular weight excluding hydrogens is 474 g/mol. The summed E-state index contributed by atoms with van der Waals surface area (Å²) in [4.78, 5) is 28.2. The molecule has 0 unspecified atom stereocenters. The predicted octanol–water partition coefficient (Wildman–Crippen LogP) is 4.86. The Kier molecular flexibility index (Phi) is 5.33. The van der Waals surface area contributed by atoms with Crippen LogP contribution in [0.4, 0.5) is 8.78 Å². The molecule has 0 radical (unpaired) electrons. The van der Waals surface area contributed by atoms with Gasteiger partial charge in [0.05, 0.1) is 21.8 Å². The van der Waals surface area contributed by atoms with Gasteiger partial charge in [0.25, 0.3) is 0 Å². The standard InChI is InChI=1S/2C9H5BrFNO/c10-6-3-5(11)4-7-9(6)8(13)1-2-12-7;10-5-3-6(11)9-7(4-5)12-2-1-8(9)13/h2*1-4H,(H,12,13). The number of hydrogen-bond acceptors (Lipinski definition) is 2. The maximum atomic E-state index is 13.3. The van der Waals surface area contributed by atoms with Gasteiger partial charge in [0.15, 0.2) is 10.9 Å². The maximum absolute atomic E-state index is 13.3. The average Bonchev–Trinajstić information content (AvgIpc) is 2.54. The van der Waals surface area contributed by atoms with E-state index in [1.807, 2.05) is 0 Å². The lowest BCUT2D eigenvalue weighted by atomic mass is 10.2. The van der Waals surface area contributed by atoms with E-state index in [0.717, 1.165) is 0 Å². The summed E-state index contributed by atoms with van der Waals surface area (Å²) in [6.07, 6.45) is 2.99. The first-order chi connectivity index (χ1) is 12.4. The van der Waals surface area contributed by atoms with Crippen molar-refractivity contribution in [1.82, 2.24) is 9.97 Å². The maximum Gasteiger partial charge on any atom is 0.192 e. The number of benzene rings is 2. The Morgan fingerprint density at radius 3 is 2.00 bits per heavy atom. The minimum Gasteiger partial charge on any atom is -0.361 e. The molecule has 0 fully saturated rings. The number of aromatic nitrogens is 2. The van der Waals surface area contributed by atoms with E-state index in [-0.39, 0.29) is 22.1 Å². The van der Waals surface area contributed by atoms with Crippen molar-refractivity contribution in [2.75, 3.05) is 0 Å². The van der Waals surface area contributed by atoms with Crippen LogP contribution in [0.2, 0.25) is 0 Å². The summed E-state index contributed by atoms with van der Waals surface area (Å²) in [6.45, 7) is 0. The summed E-state index contributed by atoms with van der Waals surface area (Å²) >= 11 is 6.28. The molecule has 0 atom stereocenters. The van der Waals surface area contributed by atoms with Gasteiger partial charge in [-0.05, 0) is 40.2 Å². The molecule has 0 aliphatic carbocycles. The first kappa shape index (κ1) is 18.5. The largest absolute Gasteiger partial charge is 0.361 e. The number of H-pyrrole nitrogens is 2. The first-order valence-corrected chi connectivity index (χ1v) is 8.88. The summed E-state index contributed by atoms with van der Waals surface area (Å²) < 4.78 is 27.2. The molecule has 4 aromatic rings. The van der Waals surface area contributed by atoms with Gasteiger partial charge in [0, 0.05) is 33.5 Å². The summed E-state index contributed by atoms with van der Waals surface area (Å²) in [5, 5.41) is 0.578. The van der Waals surface area contributed by atoms with Crippen LogP contribution in [0.5, 0.6) is 0 Å². The zero-order chi connectivity index (χ0) is 18.8. The second-order valence-corrected chi connectivity index (χ2v) is 7.07. The van der Waals surface area contributed by atoms with Crippen LogP contribution >= 0.6 is 31.9 Å². The van der Waals surface area contributed by atoms with Crippen molar-refractivity contribution < 1.29 is 8.78 Å². The molecular formula is C18H10Br2F2N2O2. The van der Waals surface area contributed by atoms with E-state index in [2.05, 4.69) is 41.8 Å². The van der Waals surface area contributed by atoms with Gasteiger partial charge in [-0.3, -0.25) is 9.59 Å². The number of halogens is 4. The second-order valence-electron chi connectivity index (χ2n) is 5.30. The third kappa shape index (κ3) is 3.76. The predicted molar refractivity (Wildman–Crippen MR) is 104 cm³/mol. The molecule has 0 amide bonds. The van der Waals surface area contributed by atoms with E-state index in [9.17, 15) is 18.4 Å². The number of pyridine rings is 2. The zero-order valence-corrected chi connectivity index (χ0v) is 16.1. The summed E-state index contributed by atoms with van der Waals surface area (Å²) in [5.74, 6) is -0.882. The average molecular weight is 484 g/mol. The zero-order valence-electron chi connectivity index (χ0n) is 12.9. The molecule has 0 aliphatic rings. The van der Waals surface area contributed by atoms with E-state index < -0.39 is 5.82 Å². The lowest BCUT2D eigenvalue weighted by Gasteiger charge is -1.99. The fourth-order valence-corrected chi connectivity index (χ4v) is 3.51. The molecule has 0 spiro atoms.